The van der Waals surface area contributed by atoms with Crippen molar-refractivity contribution in [1.82, 2.24) is 0 Å². The van der Waals surface area contributed by atoms with Crippen LogP contribution in [0.2, 0.25) is 0 Å². The first-order valence-corrected chi connectivity index (χ1v) is 5.54. The van der Waals surface area contributed by atoms with E-state index in [0.29, 0.717) is 11.4 Å². The molecule has 0 heterocycles. The maximum atomic E-state index is 12.9. The van der Waals surface area contributed by atoms with Gasteiger partial charge in [-0.1, -0.05) is 19.3 Å². The molecule has 0 radical (unpaired) electrons. The van der Waals surface area contributed by atoms with Gasteiger partial charge in [0.05, 0.1) is 11.4 Å². The van der Waals surface area contributed by atoms with Gasteiger partial charge in [-0.05, 0) is 30.5 Å². The molecule has 15 heavy (non-hydrogen) atoms. The molecule has 1 aromatic rings. The number of hydrogen-bond donors (Lipinski definition) is 2. The van der Waals surface area contributed by atoms with E-state index < -0.39 is 0 Å². The average Bonchev–Trinajstić information content (AvgIpc) is 2.15. The van der Waals surface area contributed by atoms with E-state index >= 15 is 0 Å². The minimum atomic E-state index is -0.240. The number of nitrogen functional groups attached to an aromatic ring is 1. The lowest BCUT2D eigenvalue weighted by atomic mass is 9.83. The van der Waals surface area contributed by atoms with Crippen molar-refractivity contribution in [2.45, 2.75) is 25.7 Å². The van der Waals surface area contributed by atoms with Crippen molar-refractivity contribution >= 4 is 11.4 Å². The first-order chi connectivity index (χ1) is 7.25. The number of nitrogens with two attached hydrogens (primary N) is 1. The molecule has 1 saturated carbocycles. The molecule has 3 heteroatoms. The summed E-state index contributed by atoms with van der Waals surface area (Å²) in [7, 11) is 0. The number of nitrogens with one attached hydrogen (secondary N) is 1. The van der Waals surface area contributed by atoms with Crippen molar-refractivity contribution in [2.75, 3.05) is 17.6 Å². The fourth-order valence-electron chi connectivity index (χ4n) is 1.87. The van der Waals surface area contributed by atoms with Crippen LogP contribution in [0.25, 0.3) is 0 Å². The topological polar surface area (TPSA) is 38.0 Å². The van der Waals surface area contributed by atoms with Gasteiger partial charge in [-0.2, -0.15) is 0 Å². The second kappa shape index (κ2) is 4.51. The highest BCUT2D eigenvalue weighted by molar-refractivity contribution is 5.65. The molecule has 1 aliphatic rings. The molecule has 3 N–H and O–H groups in total. The van der Waals surface area contributed by atoms with Crippen molar-refractivity contribution in [3.05, 3.63) is 24.0 Å². The Morgan fingerprint density at radius 2 is 2.20 bits per heavy atom. The van der Waals surface area contributed by atoms with E-state index in [-0.39, 0.29) is 5.82 Å². The van der Waals surface area contributed by atoms with Gasteiger partial charge in [-0.25, -0.2) is 4.39 Å². The van der Waals surface area contributed by atoms with Crippen molar-refractivity contribution in [2.24, 2.45) is 5.92 Å². The van der Waals surface area contributed by atoms with Crippen LogP contribution in [0.3, 0.4) is 0 Å². The van der Waals surface area contributed by atoms with Crippen LogP contribution >= 0.6 is 0 Å². The molecule has 0 saturated heterocycles. The van der Waals surface area contributed by atoms with Gasteiger partial charge in [0.15, 0.2) is 0 Å². The minimum Gasteiger partial charge on any atom is -0.397 e. The smallest absolute Gasteiger partial charge is 0.125 e. The molecule has 0 amide bonds. The Morgan fingerprint density at radius 3 is 2.87 bits per heavy atom. The van der Waals surface area contributed by atoms with E-state index in [9.17, 15) is 4.39 Å². The predicted octanol–water partition coefficient (Wildman–Crippen LogP) is 3.01. The van der Waals surface area contributed by atoms with Crippen molar-refractivity contribution in [3.8, 4) is 0 Å². The van der Waals surface area contributed by atoms with Crippen LogP contribution in [-0.4, -0.2) is 6.54 Å². The predicted molar refractivity (Wildman–Crippen MR) is 61.3 cm³/mol. The highest BCUT2D eigenvalue weighted by Gasteiger charge is 2.16. The Morgan fingerprint density at radius 1 is 1.40 bits per heavy atom. The van der Waals surface area contributed by atoms with Gasteiger partial charge in [0.2, 0.25) is 0 Å². The number of rotatable bonds is 4. The molecule has 82 valence electrons. The van der Waals surface area contributed by atoms with E-state index in [1.807, 2.05) is 0 Å². The zero-order valence-electron chi connectivity index (χ0n) is 8.80. The van der Waals surface area contributed by atoms with Crippen molar-refractivity contribution in [1.29, 1.82) is 0 Å². The molecule has 1 aliphatic carbocycles. The fourth-order valence-corrected chi connectivity index (χ4v) is 1.87. The van der Waals surface area contributed by atoms with Crippen LogP contribution in [0.5, 0.6) is 0 Å². The monoisotopic (exact) mass is 208 g/mol. The summed E-state index contributed by atoms with van der Waals surface area (Å²) in [6, 6.07) is 4.43. The second-order valence-electron chi connectivity index (χ2n) is 4.24. The Labute approximate surface area is 89.7 Å². The highest BCUT2D eigenvalue weighted by atomic mass is 19.1. The average molecular weight is 208 g/mol. The third-order valence-electron chi connectivity index (χ3n) is 3.11. The SMILES string of the molecule is Nc1ccc(F)cc1NCCC1CCC1. The maximum absolute atomic E-state index is 12.9. The summed E-state index contributed by atoms with van der Waals surface area (Å²) < 4.78 is 12.9. The van der Waals surface area contributed by atoms with Gasteiger partial charge < -0.3 is 11.1 Å². The largest absolute Gasteiger partial charge is 0.397 e. The van der Waals surface area contributed by atoms with Crippen LogP contribution in [-0.2, 0) is 0 Å². The summed E-state index contributed by atoms with van der Waals surface area (Å²) in [6.45, 7) is 0.887. The zero-order chi connectivity index (χ0) is 10.7. The van der Waals surface area contributed by atoms with Gasteiger partial charge in [-0.15, -0.1) is 0 Å². The van der Waals surface area contributed by atoms with Crippen LogP contribution in [0, 0.1) is 11.7 Å². The molecule has 1 fully saturated rings. The molecule has 2 rings (SSSR count). The van der Waals surface area contributed by atoms with Crippen LogP contribution in [0.15, 0.2) is 18.2 Å². The van der Waals surface area contributed by atoms with Crippen LogP contribution < -0.4 is 11.1 Å². The summed E-state index contributed by atoms with van der Waals surface area (Å²) in [5, 5.41) is 3.19. The molecule has 2 nitrogen and oxygen atoms in total. The molecule has 0 atom stereocenters. The fraction of sp³-hybridized carbons (Fsp3) is 0.500. The van der Waals surface area contributed by atoms with Gasteiger partial charge in [-0.3, -0.25) is 0 Å². The summed E-state index contributed by atoms with van der Waals surface area (Å²) in [6.07, 6.45) is 5.23. The Hall–Kier alpha value is -1.25. The molecule has 0 aromatic heterocycles. The van der Waals surface area contributed by atoms with Crippen LogP contribution in [0.1, 0.15) is 25.7 Å². The van der Waals surface area contributed by atoms with Crippen molar-refractivity contribution < 1.29 is 4.39 Å². The third-order valence-corrected chi connectivity index (χ3v) is 3.11. The lowest BCUT2D eigenvalue weighted by molar-refractivity contribution is 0.303. The maximum Gasteiger partial charge on any atom is 0.125 e. The molecule has 0 aliphatic heterocycles. The molecular weight excluding hydrogens is 191 g/mol. The minimum absolute atomic E-state index is 0.240. The standard InChI is InChI=1S/C12H17FN2/c13-10-4-5-11(14)12(8-10)15-7-6-9-2-1-3-9/h4-5,8-9,15H,1-3,6-7,14H2. The third kappa shape index (κ3) is 2.61. The Bertz CT molecular complexity index is 334. The quantitative estimate of drug-likeness (QED) is 0.746. The first-order valence-electron chi connectivity index (χ1n) is 5.54. The zero-order valence-corrected chi connectivity index (χ0v) is 8.80. The first kappa shape index (κ1) is 10.3. The molecule has 0 spiro atoms. The molecular formula is C12H17FN2. The van der Waals surface area contributed by atoms with Gasteiger partial charge >= 0.3 is 0 Å². The van der Waals surface area contributed by atoms with Crippen molar-refractivity contribution in [3.63, 3.8) is 0 Å². The summed E-state index contributed by atoms with van der Waals surface area (Å²) in [5.74, 6) is 0.627. The van der Waals surface area contributed by atoms with Gasteiger partial charge in [0, 0.05) is 6.54 Å². The number of anilines is 2. The van der Waals surface area contributed by atoms with Crippen LogP contribution in [0.4, 0.5) is 15.8 Å². The highest BCUT2D eigenvalue weighted by Crippen LogP contribution is 2.29. The van der Waals surface area contributed by atoms with E-state index in [4.69, 9.17) is 5.73 Å². The Balaban J connectivity index is 1.83. The van der Waals surface area contributed by atoms with Gasteiger partial charge in [0.1, 0.15) is 5.82 Å². The summed E-state index contributed by atoms with van der Waals surface area (Å²) in [5.41, 5.74) is 7.06. The summed E-state index contributed by atoms with van der Waals surface area (Å²) >= 11 is 0. The molecule has 0 unspecified atom stereocenters. The number of halogens is 1. The molecule has 0 bridgehead atoms. The lowest BCUT2D eigenvalue weighted by Crippen LogP contribution is -2.16. The number of benzene rings is 1. The molecule has 1 aromatic carbocycles. The second-order valence-corrected chi connectivity index (χ2v) is 4.24. The lowest BCUT2D eigenvalue weighted by Gasteiger charge is -2.25. The normalized spacial score (nSPS) is 16.1. The van der Waals surface area contributed by atoms with E-state index in [2.05, 4.69) is 5.32 Å². The Kier molecular flexibility index (Phi) is 3.09. The van der Waals surface area contributed by atoms with E-state index in [1.165, 1.54) is 31.4 Å². The summed E-state index contributed by atoms with van der Waals surface area (Å²) in [4.78, 5) is 0. The van der Waals surface area contributed by atoms with E-state index in [0.717, 1.165) is 18.9 Å². The van der Waals surface area contributed by atoms with Gasteiger partial charge in [0.25, 0.3) is 0 Å². The number of hydrogen-bond acceptors (Lipinski definition) is 2. The van der Waals surface area contributed by atoms with E-state index in [1.54, 1.807) is 6.07 Å².